The van der Waals surface area contributed by atoms with Crippen molar-refractivity contribution in [3.05, 3.63) is 132 Å². The molecule has 0 saturated heterocycles. The molecule has 0 fully saturated rings. The van der Waals surface area contributed by atoms with Gasteiger partial charge in [-0.2, -0.15) is 4.73 Å². The van der Waals surface area contributed by atoms with Crippen LogP contribution in [0.5, 0.6) is 0 Å². The Morgan fingerprint density at radius 1 is 0.905 bits per heavy atom. The SMILES string of the molecule is Cc1ccc(-n2ccnc2-c2cc(C)c3c(c2)NC(C)(Cc2cccc4c2ccn4OC(=O)c2ccccc2)N3)cc1. The first-order chi connectivity index (χ1) is 20.4. The smallest absolute Gasteiger partial charge is 0.361 e. The van der Waals surface area contributed by atoms with Gasteiger partial charge in [0.25, 0.3) is 0 Å². The fourth-order valence-corrected chi connectivity index (χ4v) is 5.84. The highest BCUT2D eigenvalue weighted by Gasteiger charge is 2.34. The van der Waals surface area contributed by atoms with Crippen LogP contribution in [0.2, 0.25) is 0 Å². The molecule has 1 unspecified atom stereocenters. The molecule has 7 nitrogen and oxygen atoms in total. The summed E-state index contributed by atoms with van der Waals surface area (Å²) in [5.74, 6) is 0.505. The van der Waals surface area contributed by atoms with E-state index >= 15 is 0 Å². The van der Waals surface area contributed by atoms with E-state index in [0.29, 0.717) is 12.0 Å². The molecular weight excluding hydrogens is 522 g/mol. The number of fused-ring (bicyclic) bond motifs is 2. The van der Waals surface area contributed by atoms with E-state index in [9.17, 15) is 4.79 Å². The molecule has 42 heavy (non-hydrogen) atoms. The summed E-state index contributed by atoms with van der Waals surface area (Å²) in [6.07, 6.45) is 6.36. The van der Waals surface area contributed by atoms with Crippen molar-refractivity contribution < 1.29 is 9.63 Å². The molecule has 3 heterocycles. The number of carbonyl (C=O) groups excluding carboxylic acids is 1. The summed E-state index contributed by atoms with van der Waals surface area (Å²) in [7, 11) is 0. The summed E-state index contributed by atoms with van der Waals surface area (Å²) in [6, 6.07) is 30.0. The number of aromatic nitrogens is 3. The number of hydrogen-bond donors (Lipinski definition) is 2. The van der Waals surface area contributed by atoms with Crippen molar-refractivity contribution in [2.45, 2.75) is 32.9 Å². The average Bonchev–Trinajstić information content (AvgIpc) is 3.72. The predicted molar refractivity (Wildman–Crippen MR) is 167 cm³/mol. The van der Waals surface area contributed by atoms with Gasteiger partial charge in [-0.3, -0.25) is 4.57 Å². The highest BCUT2D eigenvalue weighted by Crippen LogP contribution is 2.41. The first kappa shape index (κ1) is 25.7. The lowest BCUT2D eigenvalue weighted by Gasteiger charge is -2.27. The Morgan fingerprint density at radius 3 is 2.52 bits per heavy atom. The Morgan fingerprint density at radius 2 is 1.71 bits per heavy atom. The van der Waals surface area contributed by atoms with Crippen LogP contribution >= 0.6 is 0 Å². The average molecular weight is 554 g/mol. The van der Waals surface area contributed by atoms with Crippen LogP contribution in [-0.4, -0.2) is 25.9 Å². The number of hydrogen-bond acceptors (Lipinski definition) is 5. The van der Waals surface area contributed by atoms with E-state index in [1.165, 1.54) is 5.56 Å². The van der Waals surface area contributed by atoms with Crippen molar-refractivity contribution in [2.75, 3.05) is 10.6 Å². The van der Waals surface area contributed by atoms with Gasteiger partial charge < -0.3 is 15.5 Å². The minimum atomic E-state index is -0.421. The van der Waals surface area contributed by atoms with Gasteiger partial charge in [-0.15, -0.1) is 0 Å². The highest BCUT2D eigenvalue weighted by atomic mass is 16.7. The second kappa shape index (κ2) is 9.96. The molecule has 0 saturated carbocycles. The predicted octanol–water partition coefficient (Wildman–Crippen LogP) is 7.18. The third-order valence-corrected chi connectivity index (χ3v) is 7.88. The Hall–Kier alpha value is -5.30. The summed E-state index contributed by atoms with van der Waals surface area (Å²) >= 11 is 0. The molecule has 7 heteroatoms. The first-order valence-electron chi connectivity index (χ1n) is 14.1. The number of anilines is 2. The Bertz CT molecular complexity index is 1940. The van der Waals surface area contributed by atoms with E-state index in [-0.39, 0.29) is 0 Å². The van der Waals surface area contributed by atoms with E-state index in [4.69, 9.17) is 9.82 Å². The van der Waals surface area contributed by atoms with Crippen LogP contribution < -0.4 is 15.5 Å². The molecule has 2 N–H and O–H groups in total. The molecule has 7 rings (SSSR count). The summed E-state index contributed by atoms with van der Waals surface area (Å²) in [4.78, 5) is 23.1. The summed E-state index contributed by atoms with van der Waals surface area (Å²) in [5, 5.41) is 8.54. The van der Waals surface area contributed by atoms with Crippen LogP contribution in [0, 0.1) is 13.8 Å². The van der Waals surface area contributed by atoms with Crippen molar-refractivity contribution in [1.29, 1.82) is 0 Å². The maximum atomic E-state index is 12.7. The number of aryl methyl sites for hydroxylation is 2. The number of nitrogens with zero attached hydrogens (tertiary/aromatic N) is 3. The van der Waals surface area contributed by atoms with Crippen molar-refractivity contribution in [3.8, 4) is 17.1 Å². The fourth-order valence-electron chi connectivity index (χ4n) is 5.84. The maximum Gasteiger partial charge on any atom is 0.363 e. The fraction of sp³-hybridized carbons (Fsp3) is 0.143. The van der Waals surface area contributed by atoms with Crippen LogP contribution in [0.25, 0.3) is 28.0 Å². The zero-order valence-electron chi connectivity index (χ0n) is 23.8. The molecule has 0 amide bonds. The van der Waals surface area contributed by atoms with Gasteiger partial charge in [-0.1, -0.05) is 48.0 Å². The van der Waals surface area contributed by atoms with E-state index in [1.54, 1.807) is 23.1 Å². The van der Waals surface area contributed by atoms with Crippen LogP contribution in [-0.2, 0) is 6.42 Å². The third kappa shape index (κ3) is 4.59. The zero-order chi connectivity index (χ0) is 28.8. The Kier molecular flexibility index (Phi) is 6.08. The molecule has 0 radical (unpaired) electrons. The molecule has 1 atom stereocenters. The van der Waals surface area contributed by atoms with Gasteiger partial charge >= 0.3 is 5.97 Å². The maximum absolute atomic E-state index is 12.7. The first-order valence-corrected chi connectivity index (χ1v) is 14.1. The third-order valence-electron chi connectivity index (χ3n) is 7.88. The van der Waals surface area contributed by atoms with Crippen molar-refractivity contribution >= 4 is 28.2 Å². The van der Waals surface area contributed by atoms with Crippen molar-refractivity contribution in [1.82, 2.24) is 14.3 Å². The van der Waals surface area contributed by atoms with Gasteiger partial charge in [-0.05, 0) is 80.4 Å². The summed E-state index contributed by atoms with van der Waals surface area (Å²) in [6.45, 7) is 6.39. The van der Waals surface area contributed by atoms with Gasteiger partial charge in [0.15, 0.2) is 0 Å². The van der Waals surface area contributed by atoms with Crippen LogP contribution in [0.3, 0.4) is 0 Å². The van der Waals surface area contributed by atoms with E-state index in [0.717, 1.165) is 50.5 Å². The van der Waals surface area contributed by atoms with Crippen molar-refractivity contribution in [2.24, 2.45) is 0 Å². The van der Waals surface area contributed by atoms with Gasteiger partial charge in [-0.25, -0.2) is 9.78 Å². The van der Waals surface area contributed by atoms with E-state index in [1.807, 2.05) is 48.8 Å². The lowest BCUT2D eigenvalue weighted by atomic mass is 9.99. The summed E-state index contributed by atoms with van der Waals surface area (Å²) in [5.41, 5.74) is 8.72. The number of benzene rings is 4. The molecular formula is C35H31N5O2. The molecule has 1 aliphatic heterocycles. The standard InChI is InChI=1S/C35H31N5O2/c1-23-12-14-28(15-13-23)39-19-17-36-33(39)27-20-24(2)32-30(21-27)37-35(3,38-32)22-26-10-7-11-31-29(26)16-18-40(31)42-34(41)25-8-5-4-6-9-25/h4-21,37-38H,22H2,1-3H3. The lowest BCUT2D eigenvalue weighted by Crippen LogP contribution is -2.40. The van der Waals surface area contributed by atoms with Crippen LogP contribution in [0.1, 0.15) is 34.0 Å². The number of nitrogens with one attached hydrogen (secondary N) is 2. The van der Waals surface area contributed by atoms with Gasteiger partial charge in [0, 0.05) is 41.6 Å². The van der Waals surface area contributed by atoms with Crippen molar-refractivity contribution in [3.63, 3.8) is 0 Å². The Balaban J connectivity index is 1.15. The molecule has 6 aromatic rings. The zero-order valence-corrected chi connectivity index (χ0v) is 23.8. The molecule has 0 spiro atoms. The molecule has 208 valence electrons. The highest BCUT2D eigenvalue weighted by molar-refractivity contribution is 5.91. The lowest BCUT2D eigenvalue weighted by molar-refractivity contribution is 0.0483. The van der Waals surface area contributed by atoms with Crippen LogP contribution in [0.4, 0.5) is 11.4 Å². The van der Waals surface area contributed by atoms with Gasteiger partial charge in [0.2, 0.25) is 0 Å². The molecule has 2 aromatic heterocycles. The number of carbonyl (C=O) groups is 1. The molecule has 4 aromatic carbocycles. The minimum absolute atomic E-state index is 0.394. The van der Waals surface area contributed by atoms with E-state index < -0.39 is 11.6 Å². The van der Waals surface area contributed by atoms with Crippen LogP contribution in [0.15, 0.2) is 110 Å². The minimum Gasteiger partial charge on any atom is -0.361 e. The largest absolute Gasteiger partial charge is 0.363 e. The summed E-state index contributed by atoms with van der Waals surface area (Å²) < 4.78 is 3.67. The van der Waals surface area contributed by atoms with Gasteiger partial charge in [0.1, 0.15) is 11.5 Å². The second-order valence-electron chi connectivity index (χ2n) is 11.2. The topological polar surface area (TPSA) is 73.1 Å². The quantitative estimate of drug-likeness (QED) is 0.229. The second-order valence-corrected chi connectivity index (χ2v) is 11.2. The number of imidazole rings is 1. The van der Waals surface area contributed by atoms with Gasteiger partial charge in [0.05, 0.1) is 22.5 Å². The molecule has 1 aliphatic rings. The normalized spacial score (nSPS) is 15.7. The molecule has 0 bridgehead atoms. The monoisotopic (exact) mass is 553 g/mol. The molecule has 0 aliphatic carbocycles. The number of rotatable bonds is 6. The Labute approximate surface area is 244 Å². The van der Waals surface area contributed by atoms with E-state index in [2.05, 4.69) is 78.4 Å².